The molecule has 3 aromatic carbocycles. The number of hydrogen-bond donors (Lipinski definition) is 0. The molecule has 1 unspecified atom stereocenters. The molecule has 1 amide bonds. The summed E-state index contributed by atoms with van der Waals surface area (Å²) in [4.78, 5) is 40.7. The van der Waals surface area contributed by atoms with Gasteiger partial charge in [0.15, 0.2) is 5.70 Å². The number of hydrazine groups is 2. The van der Waals surface area contributed by atoms with Gasteiger partial charge in [-0.2, -0.15) is 0 Å². The average molecular weight is 453 g/mol. The second-order valence-electron chi connectivity index (χ2n) is 8.04. The minimum Gasteiger partial charge on any atom is -0.466 e. The Morgan fingerprint density at radius 2 is 1.32 bits per heavy atom. The zero-order chi connectivity index (χ0) is 23.6. The van der Waals surface area contributed by atoms with E-state index in [0.29, 0.717) is 28.1 Å². The summed E-state index contributed by atoms with van der Waals surface area (Å²) >= 11 is 0. The van der Waals surface area contributed by atoms with E-state index in [2.05, 4.69) is 0 Å². The van der Waals surface area contributed by atoms with E-state index >= 15 is 0 Å². The summed E-state index contributed by atoms with van der Waals surface area (Å²) in [6, 6.07) is 23.7. The zero-order valence-electron chi connectivity index (χ0n) is 18.4. The van der Waals surface area contributed by atoms with Gasteiger partial charge >= 0.3 is 11.9 Å². The minimum absolute atomic E-state index is 0.00217. The van der Waals surface area contributed by atoms with Gasteiger partial charge in [0.1, 0.15) is 11.1 Å². The normalized spacial score (nSPS) is 20.1. The molecule has 0 saturated carbocycles. The molecule has 0 radical (unpaired) electrons. The molecule has 168 valence electrons. The molecule has 0 spiro atoms. The number of methoxy groups -OCH3 is 2. The first-order valence-corrected chi connectivity index (χ1v) is 10.7. The molecule has 0 fully saturated rings. The molecule has 0 aliphatic carbocycles. The Bertz CT molecular complexity index is 1420. The van der Waals surface area contributed by atoms with E-state index in [4.69, 9.17) is 9.47 Å². The van der Waals surface area contributed by atoms with Crippen LogP contribution >= 0.6 is 0 Å². The van der Waals surface area contributed by atoms with E-state index in [1.807, 2.05) is 60.7 Å². The first-order valence-electron chi connectivity index (χ1n) is 10.7. The van der Waals surface area contributed by atoms with Crippen LogP contribution < -0.4 is 10.0 Å². The Hall–Kier alpha value is -4.43. The lowest BCUT2D eigenvalue weighted by Crippen LogP contribution is -2.62. The van der Waals surface area contributed by atoms with Gasteiger partial charge in [0.2, 0.25) is 0 Å². The number of fused-ring (bicyclic) bond motifs is 5. The van der Waals surface area contributed by atoms with Gasteiger partial charge in [-0.25, -0.2) is 19.6 Å². The number of rotatable bonds is 3. The lowest BCUT2D eigenvalue weighted by molar-refractivity contribution is -0.139. The Morgan fingerprint density at radius 3 is 2.00 bits per heavy atom. The summed E-state index contributed by atoms with van der Waals surface area (Å²) in [5.74, 6) is -1.68. The second kappa shape index (κ2) is 7.03. The molecule has 0 aromatic heterocycles. The molecule has 3 aliphatic heterocycles. The molecule has 0 bridgehead atoms. The van der Waals surface area contributed by atoms with Crippen molar-refractivity contribution < 1.29 is 23.9 Å². The quantitative estimate of drug-likeness (QED) is 0.564. The summed E-state index contributed by atoms with van der Waals surface area (Å²) < 4.78 is 10.4. The molecule has 3 aromatic rings. The molecule has 34 heavy (non-hydrogen) atoms. The van der Waals surface area contributed by atoms with Gasteiger partial charge in [0.25, 0.3) is 5.91 Å². The fourth-order valence-corrected chi connectivity index (χ4v) is 5.27. The molecule has 3 heterocycles. The van der Waals surface area contributed by atoms with Crippen LogP contribution in [0.1, 0.15) is 21.5 Å². The molecule has 1 atom stereocenters. The van der Waals surface area contributed by atoms with Crippen LogP contribution in [0.2, 0.25) is 0 Å². The van der Waals surface area contributed by atoms with E-state index in [0.717, 1.165) is 0 Å². The number of carbonyl (C=O) groups is 3. The lowest BCUT2D eigenvalue weighted by atomic mass is 9.73. The Kier molecular flexibility index (Phi) is 4.18. The number of nitrogens with zero attached hydrogens (tertiary/aromatic N) is 3. The highest BCUT2D eigenvalue weighted by Gasteiger charge is 2.67. The molecule has 0 saturated heterocycles. The summed E-state index contributed by atoms with van der Waals surface area (Å²) in [5, 5.41) is 4.79. The predicted molar refractivity (Wildman–Crippen MR) is 122 cm³/mol. The van der Waals surface area contributed by atoms with Crippen molar-refractivity contribution in [3.63, 3.8) is 0 Å². The van der Waals surface area contributed by atoms with Crippen LogP contribution in [0.3, 0.4) is 0 Å². The van der Waals surface area contributed by atoms with Gasteiger partial charge in [-0.05, 0) is 29.3 Å². The average Bonchev–Trinajstić information content (AvgIpc) is 3.40. The van der Waals surface area contributed by atoms with Crippen LogP contribution in [0.15, 0.2) is 90.1 Å². The van der Waals surface area contributed by atoms with E-state index in [9.17, 15) is 14.4 Å². The third-order valence-corrected chi connectivity index (χ3v) is 6.53. The van der Waals surface area contributed by atoms with Gasteiger partial charge in [-0.1, -0.05) is 65.8 Å². The Morgan fingerprint density at radius 1 is 0.735 bits per heavy atom. The lowest BCUT2D eigenvalue weighted by Gasteiger charge is -2.47. The highest BCUT2D eigenvalue weighted by atomic mass is 16.5. The Balaban J connectivity index is 1.85. The minimum atomic E-state index is -1.36. The van der Waals surface area contributed by atoms with Gasteiger partial charge in [-0.15, -0.1) is 0 Å². The van der Waals surface area contributed by atoms with Crippen molar-refractivity contribution in [2.75, 3.05) is 24.2 Å². The predicted octanol–water partition coefficient (Wildman–Crippen LogP) is 3.16. The smallest absolute Gasteiger partial charge is 0.356 e. The van der Waals surface area contributed by atoms with Gasteiger partial charge < -0.3 is 9.47 Å². The molecular formula is C26H19N3O5. The third kappa shape index (κ3) is 2.22. The standard InChI is InChI=1S/C26H19N3O5/c1-33-24(31)21-22(25(32)34-2)27-19-14-8-9-15-20(19)28-23(30)17-12-6-7-13-18(17)26(21,29(27)28)16-10-4-3-5-11-16/h3-15H,1-2H3. The van der Waals surface area contributed by atoms with Crippen molar-refractivity contribution in [1.82, 2.24) is 5.12 Å². The van der Waals surface area contributed by atoms with Gasteiger partial charge in [-0.3, -0.25) is 4.79 Å². The van der Waals surface area contributed by atoms with Crippen LogP contribution in [0.5, 0.6) is 0 Å². The largest absolute Gasteiger partial charge is 0.466 e. The topological polar surface area (TPSA) is 79.4 Å². The fraction of sp³-hybridized carbons (Fsp3) is 0.115. The van der Waals surface area contributed by atoms with Crippen LogP contribution in [-0.4, -0.2) is 37.2 Å². The number of benzene rings is 3. The van der Waals surface area contributed by atoms with Crippen molar-refractivity contribution >= 4 is 29.2 Å². The van der Waals surface area contributed by atoms with Crippen LogP contribution in [0.4, 0.5) is 11.4 Å². The van der Waals surface area contributed by atoms with Crippen LogP contribution in [-0.2, 0) is 24.6 Å². The van der Waals surface area contributed by atoms with E-state index < -0.39 is 17.5 Å². The van der Waals surface area contributed by atoms with Crippen molar-refractivity contribution in [3.05, 3.63) is 107 Å². The van der Waals surface area contributed by atoms with Crippen molar-refractivity contribution in [3.8, 4) is 0 Å². The number of hydrogen-bond acceptors (Lipinski definition) is 7. The number of anilines is 2. The summed E-state index contributed by atoms with van der Waals surface area (Å²) in [7, 11) is 2.53. The second-order valence-corrected chi connectivity index (χ2v) is 8.04. The molecule has 3 aliphatic rings. The molecule has 8 nitrogen and oxygen atoms in total. The summed E-state index contributed by atoms with van der Waals surface area (Å²) in [5.41, 5.74) is 1.56. The SMILES string of the molecule is COC(=O)C1=C(C(=O)OC)C2(c3ccccc3)c3ccccc3C(=O)N3c4ccccc4N1N32. The molecule has 6 rings (SSSR count). The van der Waals surface area contributed by atoms with E-state index in [1.54, 1.807) is 28.3 Å². The van der Waals surface area contributed by atoms with Crippen LogP contribution in [0, 0.1) is 0 Å². The maximum atomic E-state index is 13.9. The summed E-state index contributed by atoms with van der Waals surface area (Å²) in [6.07, 6.45) is 0. The maximum absolute atomic E-state index is 13.9. The molecule has 0 N–H and O–H groups in total. The number of ether oxygens (including phenoxy) is 2. The third-order valence-electron chi connectivity index (χ3n) is 6.53. The zero-order valence-corrected chi connectivity index (χ0v) is 18.4. The summed E-state index contributed by atoms with van der Waals surface area (Å²) in [6.45, 7) is 0. The van der Waals surface area contributed by atoms with Crippen molar-refractivity contribution in [2.24, 2.45) is 0 Å². The van der Waals surface area contributed by atoms with Gasteiger partial charge in [0.05, 0.1) is 25.6 Å². The highest BCUT2D eigenvalue weighted by Crippen LogP contribution is 2.60. The fourth-order valence-electron chi connectivity index (χ4n) is 5.27. The van der Waals surface area contributed by atoms with Crippen molar-refractivity contribution in [1.29, 1.82) is 0 Å². The van der Waals surface area contributed by atoms with Crippen molar-refractivity contribution in [2.45, 2.75) is 5.54 Å². The first-order chi connectivity index (χ1) is 16.6. The molecular weight excluding hydrogens is 434 g/mol. The van der Waals surface area contributed by atoms with E-state index in [1.165, 1.54) is 19.2 Å². The first kappa shape index (κ1) is 20.2. The number of amides is 1. The maximum Gasteiger partial charge on any atom is 0.356 e. The molecule has 8 heteroatoms. The monoisotopic (exact) mass is 453 g/mol. The number of esters is 2. The number of carbonyl (C=O) groups excluding carboxylic acids is 3. The number of para-hydroxylation sites is 2. The Labute approximate surface area is 195 Å². The highest BCUT2D eigenvalue weighted by molar-refractivity contribution is 6.16. The van der Waals surface area contributed by atoms with E-state index in [-0.39, 0.29) is 17.2 Å². The van der Waals surface area contributed by atoms with Crippen LogP contribution in [0.25, 0.3) is 0 Å². The van der Waals surface area contributed by atoms with Gasteiger partial charge in [0, 0.05) is 5.56 Å².